The lowest BCUT2D eigenvalue weighted by Gasteiger charge is -2.17. The molecule has 3 rings (SSSR count). The third-order valence-corrected chi connectivity index (χ3v) is 6.37. The minimum Gasteiger partial charge on any atom is -0.455 e. The van der Waals surface area contributed by atoms with Crippen molar-refractivity contribution in [1.29, 1.82) is 0 Å². The first-order valence-corrected chi connectivity index (χ1v) is 11.0. The van der Waals surface area contributed by atoms with E-state index in [0.717, 1.165) is 17.1 Å². The molecule has 13 heteroatoms. The van der Waals surface area contributed by atoms with Crippen molar-refractivity contribution in [3.63, 3.8) is 0 Å². The zero-order valence-electron chi connectivity index (χ0n) is 17.7. The minimum absolute atomic E-state index is 0.101. The molecule has 0 spiro atoms. The number of esters is 1. The number of carbonyl (C=O) groups excluding carboxylic acids is 4. The van der Waals surface area contributed by atoms with Crippen LogP contribution in [0.4, 0.5) is 11.4 Å². The fourth-order valence-electron chi connectivity index (χ4n) is 3.12. The summed E-state index contributed by atoms with van der Waals surface area (Å²) < 4.78 is 5.70. The van der Waals surface area contributed by atoms with Crippen molar-refractivity contribution in [2.24, 2.45) is 5.92 Å². The van der Waals surface area contributed by atoms with E-state index in [1.54, 1.807) is 19.1 Å². The number of ether oxygens (including phenoxy) is 1. The van der Waals surface area contributed by atoms with Crippen LogP contribution in [-0.4, -0.2) is 46.8 Å². The van der Waals surface area contributed by atoms with Gasteiger partial charge in [0, 0.05) is 34.3 Å². The van der Waals surface area contributed by atoms with Gasteiger partial charge in [0.2, 0.25) is 5.91 Å². The quantitative estimate of drug-likeness (QED) is 0.304. The third-order valence-electron chi connectivity index (χ3n) is 4.99. The first-order valence-electron chi connectivity index (χ1n) is 9.83. The van der Waals surface area contributed by atoms with Crippen LogP contribution >= 0.6 is 27.5 Å². The first kappa shape index (κ1) is 25.1. The monoisotopic (exact) mass is 552 g/mol. The highest BCUT2D eigenvalue weighted by Crippen LogP contribution is 2.31. The Morgan fingerprint density at radius 2 is 1.91 bits per heavy atom. The summed E-state index contributed by atoms with van der Waals surface area (Å²) in [6, 6.07) is 8.13. The standard InChI is InChI=1S/C21H18BrClN4O7/c1-11-16(7-6-15(22)19(11)23)24-17(28)10-34-21(31)13-8-18(29)26(9-13)25-20(30)12-2-4-14(5-3-12)27(32)33/h2-7,13H,8-10H2,1H3,(H,24,28)(H,25,30)/t13-/m0/s1. The fourth-order valence-corrected chi connectivity index (χ4v) is 3.72. The van der Waals surface area contributed by atoms with Crippen molar-refractivity contribution in [3.05, 3.63) is 67.1 Å². The summed E-state index contributed by atoms with van der Waals surface area (Å²) >= 11 is 9.41. The number of hydrazine groups is 1. The van der Waals surface area contributed by atoms with E-state index in [4.69, 9.17) is 16.3 Å². The predicted octanol–water partition coefficient (Wildman–Crippen LogP) is 2.99. The van der Waals surface area contributed by atoms with Crippen LogP contribution in [0.15, 0.2) is 40.9 Å². The number of nitro groups is 1. The van der Waals surface area contributed by atoms with E-state index in [-0.39, 0.29) is 24.2 Å². The second-order valence-corrected chi connectivity index (χ2v) is 8.57. The third kappa shape index (κ3) is 5.88. The average molecular weight is 554 g/mol. The molecule has 1 aliphatic rings. The van der Waals surface area contributed by atoms with Crippen molar-refractivity contribution >= 4 is 62.6 Å². The summed E-state index contributed by atoms with van der Waals surface area (Å²) in [5, 5.41) is 14.7. The molecule has 0 saturated carbocycles. The number of nitrogens with one attached hydrogen (secondary N) is 2. The highest BCUT2D eigenvalue weighted by Gasteiger charge is 2.36. The Hall–Kier alpha value is -3.51. The number of carbonyl (C=O) groups is 4. The van der Waals surface area contributed by atoms with Crippen molar-refractivity contribution in [2.75, 3.05) is 18.5 Å². The van der Waals surface area contributed by atoms with Gasteiger partial charge in [-0.05, 0) is 52.7 Å². The molecular formula is C21H18BrClN4O7. The number of anilines is 1. The van der Waals surface area contributed by atoms with Crippen LogP contribution in [0.5, 0.6) is 0 Å². The molecule has 1 saturated heterocycles. The molecule has 0 aromatic heterocycles. The van der Waals surface area contributed by atoms with Gasteiger partial charge in [0.05, 0.1) is 22.4 Å². The lowest BCUT2D eigenvalue weighted by atomic mass is 10.1. The Kier molecular flexibility index (Phi) is 7.84. The minimum atomic E-state index is -0.874. The zero-order valence-corrected chi connectivity index (χ0v) is 20.0. The summed E-state index contributed by atoms with van der Waals surface area (Å²) in [4.78, 5) is 59.1. The van der Waals surface area contributed by atoms with Gasteiger partial charge in [-0.1, -0.05) is 11.6 Å². The van der Waals surface area contributed by atoms with Gasteiger partial charge in [0.1, 0.15) is 0 Å². The Labute approximate surface area is 206 Å². The van der Waals surface area contributed by atoms with Gasteiger partial charge in [0.25, 0.3) is 17.5 Å². The Morgan fingerprint density at radius 3 is 2.56 bits per heavy atom. The number of benzene rings is 2. The lowest BCUT2D eigenvalue weighted by molar-refractivity contribution is -0.384. The molecular weight excluding hydrogens is 536 g/mol. The number of hydrogen-bond donors (Lipinski definition) is 2. The maximum atomic E-state index is 12.3. The van der Waals surface area contributed by atoms with Crippen molar-refractivity contribution < 1.29 is 28.8 Å². The summed E-state index contributed by atoms with van der Waals surface area (Å²) in [5.41, 5.74) is 3.38. The number of amides is 3. The molecule has 1 atom stereocenters. The molecule has 2 aromatic rings. The number of halogens is 2. The van der Waals surface area contributed by atoms with Crippen LogP contribution in [0.3, 0.4) is 0 Å². The molecule has 178 valence electrons. The second-order valence-electron chi connectivity index (χ2n) is 7.34. The highest BCUT2D eigenvalue weighted by atomic mass is 79.9. The van der Waals surface area contributed by atoms with E-state index in [1.165, 1.54) is 12.1 Å². The molecule has 11 nitrogen and oxygen atoms in total. The molecule has 2 aromatic carbocycles. The molecule has 0 bridgehead atoms. The SMILES string of the molecule is Cc1c(NC(=O)COC(=O)[C@H]2CC(=O)N(NC(=O)c3ccc([N+](=O)[O-])cc3)C2)ccc(Br)c1Cl. The summed E-state index contributed by atoms with van der Waals surface area (Å²) in [6.07, 6.45) is -0.206. The molecule has 1 heterocycles. The normalized spacial score (nSPS) is 15.1. The van der Waals surface area contributed by atoms with Gasteiger partial charge in [-0.25, -0.2) is 0 Å². The van der Waals surface area contributed by atoms with Gasteiger partial charge in [-0.2, -0.15) is 0 Å². The van der Waals surface area contributed by atoms with Crippen LogP contribution in [0.1, 0.15) is 22.3 Å². The van der Waals surface area contributed by atoms with Crippen LogP contribution in [0, 0.1) is 23.0 Å². The maximum absolute atomic E-state index is 12.3. The number of rotatable bonds is 7. The Bertz CT molecular complexity index is 1170. The van der Waals surface area contributed by atoms with E-state index < -0.39 is 41.1 Å². The van der Waals surface area contributed by atoms with Gasteiger partial charge >= 0.3 is 5.97 Å². The summed E-state index contributed by atoms with van der Waals surface area (Å²) in [6.45, 7) is 1.02. The molecule has 1 fully saturated rings. The van der Waals surface area contributed by atoms with Crippen molar-refractivity contribution in [2.45, 2.75) is 13.3 Å². The Balaban J connectivity index is 1.50. The van der Waals surface area contributed by atoms with E-state index in [0.29, 0.717) is 20.7 Å². The molecule has 0 unspecified atom stereocenters. The molecule has 0 aliphatic carbocycles. The molecule has 2 N–H and O–H groups in total. The first-order chi connectivity index (χ1) is 16.1. The summed E-state index contributed by atoms with van der Waals surface area (Å²) in [7, 11) is 0. The van der Waals surface area contributed by atoms with Gasteiger partial charge in [0.15, 0.2) is 6.61 Å². The van der Waals surface area contributed by atoms with Crippen LogP contribution in [0.2, 0.25) is 5.02 Å². The molecule has 0 radical (unpaired) electrons. The number of nitrogens with zero attached hydrogens (tertiary/aromatic N) is 2. The number of non-ortho nitro benzene ring substituents is 1. The molecule has 3 amide bonds. The highest BCUT2D eigenvalue weighted by molar-refractivity contribution is 9.10. The second kappa shape index (κ2) is 10.6. The average Bonchev–Trinajstić information content (AvgIpc) is 3.18. The number of hydrogen-bond acceptors (Lipinski definition) is 7. The maximum Gasteiger partial charge on any atom is 0.311 e. The summed E-state index contributed by atoms with van der Waals surface area (Å²) in [5.74, 6) is -3.40. The lowest BCUT2D eigenvalue weighted by Crippen LogP contribution is -2.43. The topological polar surface area (TPSA) is 148 Å². The largest absolute Gasteiger partial charge is 0.455 e. The van der Waals surface area contributed by atoms with Crippen molar-refractivity contribution in [1.82, 2.24) is 10.4 Å². The van der Waals surface area contributed by atoms with Gasteiger partial charge < -0.3 is 10.1 Å². The van der Waals surface area contributed by atoms with E-state index in [2.05, 4.69) is 26.7 Å². The molecule has 1 aliphatic heterocycles. The van der Waals surface area contributed by atoms with Gasteiger partial charge in [-0.3, -0.25) is 39.7 Å². The van der Waals surface area contributed by atoms with Crippen molar-refractivity contribution in [3.8, 4) is 0 Å². The fraction of sp³-hybridized carbons (Fsp3) is 0.238. The molecule has 34 heavy (non-hydrogen) atoms. The van der Waals surface area contributed by atoms with Crippen LogP contribution in [-0.2, 0) is 19.1 Å². The zero-order chi connectivity index (χ0) is 25.0. The predicted molar refractivity (Wildman–Crippen MR) is 124 cm³/mol. The number of nitro benzene ring substituents is 1. The van der Waals surface area contributed by atoms with Crippen LogP contribution < -0.4 is 10.7 Å². The Morgan fingerprint density at radius 1 is 1.24 bits per heavy atom. The smallest absolute Gasteiger partial charge is 0.311 e. The van der Waals surface area contributed by atoms with E-state index >= 15 is 0 Å². The van der Waals surface area contributed by atoms with E-state index in [1.807, 2.05) is 0 Å². The van der Waals surface area contributed by atoms with Gasteiger partial charge in [-0.15, -0.1) is 0 Å². The van der Waals surface area contributed by atoms with Crippen LogP contribution in [0.25, 0.3) is 0 Å². The van der Waals surface area contributed by atoms with E-state index in [9.17, 15) is 29.3 Å².